The molecule has 7 rings (SSSR count). The van der Waals surface area contributed by atoms with E-state index < -0.39 is 0 Å². The molecule has 13 heteroatoms. The number of imidazole rings is 1. The molecule has 3 aromatic heterocycles. The van der Waals surface area contributed by atoms with E-state index in [-0.39, 0.29) is 33.6 Å². The number of halogens is 2. The van der Waals surface area contributed by atoms with Crippen LogP contribution in [-0.2, 0) is 54.6 Å². The molecule has 5 aromatic rings. The monoisotopic (exact) mass is 945 g/mol. The molecule has 238 valence electrons. The molecule has 0 amide bonds. The predicted octanol–water partition coefficient (Wildman–Crippen LogP) is 8.15. The van der Waals surface area contributed by atoms with Gasteiger partial charge in [0.1, 0.15) is 0 Å². The molecule has 2 aromatic carbocycles. The van der Waals surface area contributed by atoms with Crippen LogP contribution in [-0.4, -0.2) is 32.2 Å². The number of hydrogen-bond acceptors (Lipinski definition) is 6. The molecule has 2 N–H and O–H groups in total. The molecule has 2 aliphatic carbocycles. The molecule has 0 saturated carbocycles. The molecular formula is C32H38BFIN4O2PS2Ta-. The SMILES string of the molecule is Cc1ccc(-c2cn3c4c(sc3n2)CCCC4)cc1.Cc1ccc(C(=O)Cn2c3c(sc2=N)CCCC3)cc1.FP.[3H][B]I.[OH-].[Ta]. The van der Waals surface area contributed by atoms with Gasteiger partial charge in [-0.2, -0.15) is 22.4 Å². The Labute approximate surface area is 306 Å². The van der Waals surface area contributed by atoms with Crippen LogP contribution in [0.2, 0.25) is 0 Å². The van der Waals surface area contributed by atoms with E-state index in [1.54, 1.807) is 4.88 Å². The van der Waals surface area contributed by atoms with Gasteiger partial charge in [-0.05, 0) is 66.5 Å². The zero-order valence-electron chi connectivity index (χ0n) is 26.4. The minimum Gasteiger partial charge on any atom is -0.870 e. The number of nitrogens with zero attached hydrogens (tertiary/aromatic N) is 3. The third kappa shape index (κ3) is 9.79. The first kappa shape index (κ1) is 38.0. The Balaban J connectivity index is 0.000000271. The van der Waals surface area contributed by atoms with Gasteiger partial charge in [0.25, 0.3) is 0 Å². The number of aryl methyl sites for hydroxylation is 5. The van der Waals surface area contributed by atoms with Crippen molar-refractivity contribution < 1.29 is 36.8 Å². The number of Topliss-reactive ketones (excluding diaryl/α,β-unsaturated/α-hetero) is 1. The summed E-state index contributed by atoms with van der Waals surface area (Å²) in [4.78, 5) is 21.7. The average molecular weight is 945 g/mol. The maximum atomic E-state index is 12.4. The molecule has 3 heterocycles. The van der Waals surface area contributed by atoms with Crippen LogP contribution in [0.15, 0.2) is 54.7 Å². The fourth-order valence-corrected chi connectivity index (χ4v) is 7.81. The third-order valence-electron chi connectivity index (χ3n) is 7.77. The number of carbonyl (C=O) groups is 1. The molecule has 0 fully saturated rings. The number of ketones is 1. The molecule has 0 bridgehead atoms. The van der Waals surface area contributed by atoms with Gasteiger partial charge < -0.3 is 10.0 Å². The van der Waals surface area contributed by atoms with Crippen LogP contribution < -0.4 is 4.80 Å². The summed E-state index contributed by atoms with van der Waals surface area (Å²) in [6.45, 7) is 4.43. The van der Waals surface area contributed by atoms with Gasteiger partial charge in [-0.1, -0.05) is 59.7 Å². The van der Waals surface area contributed by atoms with Gasteiger partial charge in [0, 0.05) is 60.8 Å². The standard InChI is InChI=1S/C16H18N2OS.C16H16N2S.BHI.FH2P.H2O.Ta/c1-11-6-8-12(9-7-11)14(19)10-18-13-4-2-3-5-15(13)20-16(18)17;1-11-6-8-12(9-7-11)13-10-18-14-4-2-3-5-15(14)19-16(18)17-13;2*1-2;;/h6-9,17H,2-5,10H2,1H3;6-10H,2-5H2,1H3;1H;2H2;1H2;/p-1/i;;1T;;;. The summed E-state index contributed by atoms with van der Waals surface area (Å²) < 4.78 is 19.7. The number of nitrogens with one attached hydrogen (secondary N) is 1. The number of carbonyl (C=O) groups excluding carboxylic acids is 1. The van der Waals surface area contributed by atoms with Gasteiger partial charge in [-0.3, -0.25) is 14.6 Å². The second kappa shape index (κ2) is 19.4. The summed E-state index contributed by atoms with van der Waals surface area (Å²) in [6, 6.07) is 16.3. The maximum Gasteiger partial charge on any atom is 0.194 e. The molecule has 0 saturated heterocycles. The van der Waals surface area contributed by atoms with Crippen LogP contribution in [0, 0.1) is 19.3 Å². The summed E-state index contributed by atoms with van der Waals surface area (Å²) >= 11 is 5.23. The first-order valence-electron chi connectivity index (χ1n) is 14.9. The van der Waals surface area contributed by atoms with Gasteiger partial charge in [0.05, 0.1) is 21.8 Å². The maximum absolute atomic E-state index is 12.4. The van der Waals surface area contributed by atoms with Gasteiger partial charge >= 0.3 is 0 Å². The molecule has 2 radical (unpaired) electrons. The molecule has 0 spiro atoms. The van der Waals surface area contributed by atoms with E-state index in [0.717, 1.165) is 44.2 Å². The summed E-state index contributed by atoms with van der Waals surface area (Å²) in [5.74, 6) is 0.0923. The van der Waals surface area contributed by atoms with E-state index in [9.17, 15) is 8.99 Å². The molecule has 2 aliphatic rings. The van der Waals surface area contributed by atoms with E-state index in [0.29, 0.717) is 11.3 Å². The van der Waals surface area contributed by atoms with E-state index >= 15 is 0 Å². The zero-order chi connectivity index (χ0) is 31.6. The van der Waals surface area contributed by atoms with Crippen molar-refractivity contribution in [1.29, 1.82) is 6.74 Å². The Morgan fingerprint density at radius 1 is 0.956 bits per heavy atom. The summed E-state index contributed by atoms with van der Waals surface area (Å²) in [5, 5.41) is 8.09. The topological polar surface area (TPSA) is 93.2 Å². The fraction of sp³-hybridized carbons (Fsp3) is 0.344. The van der Waals surface area contributed by atoms with Gasteiger partial charge in [-0.15, -0.1) is 22.7 Å². The van der Waals surface area contributed by atoms with Crippen LogP contribution >= 0.6 is 54.6 Å². The van der Waals surface area contributed by atoms with Gasteiger partial charge in [0.2, 0.25) is 0 Å². The number of aromatic nitrogens is 3. The number of fused-ring (bicyclic) bond motifs is 4. The third-order valence-corrected chi connectivity index (χ3v) is 10.0. The Kier molecular flexibility index (Phi) is 16.4. The van der Waals surface area contributed by atoms with E-state index in [4.69, 9.17) is 11.7 Å². The normalized spacial score (nSPS) is 13.0. The van der Waals surface area contributed by atoms with Crippen molar-refractivity contribution in [1.82, 2.24) is 14.0 Å². The van der Waals surface area contributed by atoms with Crippen LogP contribution in [0.5, 0.6) is 0 Å². The van der Waals surface area contributed by atoms with Gasteiger partial charge in [-0.25, -0.2) is 9.18 Å². The number of benzene rings is 2. The van der Waals surface area contributed by atoms with Crippen LogP contribution in [0.1, 0.15) is 68.3 Å². The second-order valence-corrected chi connectivity index (χ2v) is 12.8. The molecule has 0 aliphatic heterocycles. The Morgan fingerprint density at radius 2 is 1.47 bits per heavy atom. The minimum absolute atomic E-state index is 0. The number of thiazole rings is 2. The first-order valence-corrected chi connectivity index (χ1v) is 17.6. The minimum atomic E-state index is 0. The first-order chi connectivity index (χ1) is 21.4. The van der Waals surface area contributed by atoms with Gasteiger partial charge in [0.15, 0.2) is 21.2 Å². The number of rotatable bonds is 4. The summed E-state index contributed by atoms with van der Waals surface area (Å²) in [7, 11) is 0.917. The van der Waals surface area contributed by atoms with Crippen molar-refractivity contribution in [3.8, 4) is 11.3 Å². The molecule has 6 nitrogen and oxygen atoms in total. The Bertz CT molecular complexity index is 1750. The molecule has 45 heavy (non-hydrogen) atoms. The van der Waals surface area contributed by atoms with Crippen molar-refractivity contribution in [2.24, 2.45) is 0 Å². The van der Waals surface area contributed by atoms with Crippen molar-refractivity contribution in [3.05, 3.63) is 97.4 Å². The van der Waals surface area contributed by atoms with E-state index in [1.165, 1.54) is 82.9 Å². The van der Waals surface area contributed by atoms with Crippen LogP contribution in [0.25, 0.3) is 16.2 Å². The Hall–Kier alpha value is -1.43. The summed E-state index contributed by atoms with van der Waals surface area (Å²) in [5.41, 5.74) is 9.43. The van der Waals surface area contributed by atoms with Crippen molar-refractivity contribution in [3.63, 3.8) is 0 Å². The fourth-order valence-electron chi connectivity index (χ4n) is 5.52. The van der Waals surface area contributed by atoms with Crippen molar-refractivity contribution in [2.75, 3.05) is 0 Å². The van der Waals surface area contributed by atoms with Crippen LogP contribution in [0.3, 0.4) is 0 Å². The average Bonchev–Trinajstić information content (AvgIpc) is 3.70. The van der Waals surface area contributed by atoms with E-state index in [1.807, 2.05) is 69.5 Å². The smallest absolute Gasteiger partial charge is 0.194 e. The number of hydrogen-bond donors (Lipinski definition) is 1. The predicted molar refractivity (Wildman–Crippen MR) is 194 cm³/mol. The Morgan fingerprint density at radius 3 is 2.07 bits per heavy atom. The molecular weight excluding hydrogens is 905 g/mol. The van der Waals surface area contributed by atoms with Crippen LogP contribution in [0.4, 0.5) is 4.20 Å². The second-order valence-electron chi connectivity index (χ2n) is 10.7. The zero-order valence-corrected chi connectivity index (χ0v) is 33.6. The summed E-state index contributed by atoms with van der Waals surface area (Å²) in [6.07, 6.45) is 11.8. The molecule has 1 atom stereocenters. The van der Waals surface area contributed by atoms with Crippen molar-refractivity contribution >= 4 is 71.0 Å². The molecule has 1 unspecified atom stereocenters. The largest absolute Gasteiger partial charge is 0.870 e. The quantitative estimate of drug-likeness (QED) is 0.0854. The van der Waals surface area contributed by atoms with Crippen molar-refractivity contribution in [2.45, 2.75) is 71.8 Å². The van der Waals surface area contributed by atoms with E-state index in [2.05, 4.69) is 41.8 Å².